The normalized spacial score (nSPS) is 38.3. The van der Waals surface area contributed by atoms with Crippen LogP contribution in [0.4, 0.5) is 5.69 Å². The lowest BCUT2D eigenvalue weighted by Gasteiger charge is -2.28. The number of amides is 2. The molecule has 1 aromatic carbocycles. The van der Waals surface area contributed by atoms with Crippen LogP contribution in [-0.4, -0.2) is 28.6 Å². The Labute approximate surface area is 155 Å². The Morgan fingerprint density at radius 1 is 1.13 bits per heavy atom. The zero-order valence-electron chi connectivity index (χ0n) is 12.2. The molecule has 1 aromatic rings. The Balaban J connectivity index is 1.78. The summed E-state index contributed by atoms with van der Waals surface area (Å²) < 4.78 is 5.32. The van der Waals surface area contributed by atoms with Crippen LogP contribution in [0, 0.1) is 23.7 Å². The van der Waals surface area contributed by atoms with Crippen LogP contribution in [0.5, 0.6) is 5.75 Å². The van der Waals surface area contributed by atoms with E-state index in [1.54, 1.807) is 18.2 Å². The highest BCUT2D eigenvalue weighted by Crippen LogP contribution is 2.60. The fourth-order valence-electron chi connectivity index (χ4n) is 4.42. The zero-order valence-corrected chi connectivity index (χ0v) is 16.1. The maximum Gasteiger partial charge on any atom is 0.238 e. The zero-order chi connectivity index (χ0) is 16.5. The van der Waals surface area contributed by atoms with Crippen LogP contribution in [0.1, 0.15) is 6.42 Å². The van der Waals surface area contributed by atoms with Crippen molar-refractivity contribution in [2.75, 3.05) is 12.0 Å². The van der Waals surface area contributed by atoms with Crippen LogP contribution < -0.4 is 9.64 Å². The molecule has 3 aliphatic rings. The lowest BCUT2D eigenvalue weighted by atomic mass is 9.81. The van der Waals surface area contributed by atoms with Crippen LogP contribution in [0.25, 0.3) is 0 Å². The first kappa shape index (κ1) is 15.9. The van der Waals surface area contributed by atoms with Gasteiger partial charge in [-0.3, -0.25) is 9.59 Å². The van der Waals surface area contributed by atoms with E-state index in [1.165, 1.54) is 12.0 Å². The highest BCUT2D eigenvalue weighted by atomic mass is 79.9. The van der Waals surface area contributed by atoms with Gasteiger partial charge in [0.2, 0.25) is 11.8 Å². The van der Waals surface area contributed by atoms with Crippen LogP contribution in [0.15, 0.2) is 18.2 Å². The molecule has 1 heterocycles. The second-order valence-electron chi connectivity index (χ2n) is 6.33. The minimum Gasteiger partial charge on any atom is -0.495 e. The average Bonchev–Trinajstić information content (AvgIpc) is 3.12. The van der Waals surface area contributed by atoms with Gasteiger partial charge in [0.1, 0.15) is 5.75 Å². The van der Waals surface area contributed by atoms with Crippen LogP contribution in [-0.2, 0) is 9.59 Å². The number of rotatable bonds is 2. The number of hydrogen-bond acceptors (Lipinski definition) is 3. The Morgan fingerprint density at radius 2 is 1.70 bits per heavy atom. The first-order valence-electron chi connectivity index (χ1n) is 7.45. The van der Waals surface area contributed by atoms with Gasteiger partial charge in [-0.2, -0.15) is 0 Å². The summed E-state index contributed by atoms with van der Waals surface area (Å²) >= 11 is 13.4. The summed E-state index contributed by atoms with van der Waals surface area (Å²) in [6.07, 6.45) is 0.916. The van der Waals surface area contributed by atoms with Gasteiger partial charge < -0.3 is 4.74 Å². The fourth-order valence-corrected chi connectivity index (χ4v) is 6.46. The molecule has 122 valence electrons. The number of imide groups is 1. The monoisotopic (exact) mass is 461 g/mol. The number of methoxy groups -OCH3 is 1. The van der Waals surface area contributed by atoms with Crippen LogP contribution in [0.3, 0.4) is 0 Å². The highest BCUT2D eigenvalue weighted by Gasteiger charge is 2.66. The number of anilines is 1. The van der Waals surface area contributed by atoms with Crippen molar-refractivity contribution in [3.8, 4) is 5.75 Å². The van der Waals surface area contributed by atoms with E-state index in [2.05, 4.69) is 31.9 Å². The van der Waals surface area contributed by atoms with Crippen molar-refractivity contribution in [3.63, 3.8) is 0 Å². The molecule has 2 bridgehead atoms. The molecule has 0 aromatic heterocycles. The van der Waals surface area contributed by atoms with E-state index in [0.717, 1.165) is 6.42 Å². The quantitative estimate of drug-likeness (QED) is 0.497. The lowest BCUT2D eigenvalue weighted by molar-refractivity contribution is -0.123. The SMILES string of the molecule is COc1ccc(Cl)cc1N1C(=O)[C@@H]2[C@H]3C[C@@H]([C@H](Br)[C@H]3Br)[C@@H]2C1=O. The van der Waals surface area contributed by atoms with Gasteiger partial charge in [0.25, 0.3) is 0 Å². The van der Waals surface area contributed by atoms with Crippen molar-refractivity contribution in [3.05, 3.63) is 23.2 Å². The molecular weight excluding hydrogens is 449 g/mol. The van der Waals surface area contributed by atoms with E-state index in [4.69, 9.17) is 16.3 Å². The topological polar surface area (TPSA) is 46.6 Å². The van der Waals surface area contributed by atoms with E-state index < -0.39 is 0 Å². The first-order chi connectivity index (χ1) is 11.0. The molecule has 0 N–H and O–H groups in total. The molecule has 0 radical (unpaired) electrons. The molecule has 1 aliphatic heterocycles. The number of carbonyl (C=O) groups is 2. The number of nitrogens with zero attached hydrogens (tertiary/aromatic N) is 1. The molecule has 2 saturated carbocycles. The molecule has 0 unspecified atom stereocenters. The van der Waals surface area contributed by atoms with E-state index in [-0.39, 0.29) is 45.1 Å². The van der Waals surface area contributed by atoms with E-state index in [1.807, 2.05) is 0 Å². The molecular formula is C16H14Br2ClNO3. The van der Waals surface area contributed by atoms with Crippen LogP contribution in [0.2, 0.25) is 5.02 Å². The summed E-state index contributed by atoms with van der Waals surface area (Å²) in [6.45, 7) is 0. The van der Waals surface area contributed by atoms with Crippen molar-refractivity contribution >= 4 is 61.0 Å². The van der Waals surface area contributed by atoms with Gasteiger partial charge in [-0.25, -0.2) is 4.90 Å². The van der Waals surface area contributed by atoms with Gasteiger partial charge >= 0.3 is 0 Å². The largest absolute Gasteiger partial charge is 0.495 e. The molecule has 2 aliphatic carbocycles. The lowest BCUT2D eigenvalue weighted by Crippen LogP contribution is -2.37. The van der Waals surface area contributed by atoms with Gasteiger partial charge in [0, 0.05) is 14.7 Å². The van der Waals surface area contributed by atoms with Gasteiger partial charge in [0.05, 0.1) is 24.6 Å². The molecule has 4 rings (SSSR count). The molecule has 23 heavy (non-hydrogen) atoms. The number of halogens is 3. The van der Waals surface area contributed by atoms with E-state index >= 15 is 0 Å². The maximum absolute atomic E-state index is 13.0. The fraction of sp³-hybridized carbons (Fsp3) is 0.500. The molecule has 4 nitrogen and oxygen atoms in total. The Bertz CT molecular complexity index is 681. The number of carbonyl (C=O) groups excluding carboxylic acids is 2. The van der Waals surface area contributed by atoms with E-state index in [9.17, 15) is 9.59 Å². The standard InChI is InChI=1S/C16H14Br2ClNO3/c1-23-10-3-2-6(19)4-9(10)20-15(21)11-7-5-8(12(11)16(20)22)14(18)13(7)17/h2-4,7-8,11-14H,5H2,1H3/t7-,8-,11-,12+,13+,14+/m1/s1. The molecule has 1 saturated heterocycles. The van der Waals surface area contributed by atoms with Crippen molar-refractivity contribution in [2.45, 2.75) is 16.1 Å². The predicted octanol–water partition coefficient (Wildman–Crippen LogP) is 3.63. The van der Waals surface area contributed by atoms with Crippen molar-refractivity contribution in [1.82, 2.24) is 0 Å². The summed E-state index contributed by atoms with van der Waals surface area (Å²) in [5.74, 6) is 0.133. The molecule has 7 heteroatoms. The second-order valence-corrected chi connectivity index (χ2v) is 8.88. The second kappa shape index (κ2) is 5.46. The Morgan fingerprint density at radius 3 is 2.22 bits per heavy atom. The van der Waals surface area contributed by atoms with Gasteiger partial charge in [-0.1, -0.05) is 43.5 Å². The number of fused-ring (bicyclic) bond motifs is 5. The third-order valence-corrected chi connectivity index (χ3v) is 8.81. The average molecular weight is 464 g/mol. The summed E-state index contributed by atoms with van der Waals surface area (Å²) in [4.78, 5) is 27.7. The summed E-state index contributed by atoms with van der Waals surface area (Å²) in [7, 11) is 1.52. The number of benzene rings is 1. The minimum atomic E-state index is -0.241. The number of hydrogen-bond donors (Lipinski definition) is 0. The smallest absolute Gasteiger partial charge is 0.238 e. The third-order valence-electron chi connectivity index (χ3n) is 5.37. The summed E-state index contributed by atoms with van der Waals surface area (Å²) in [5.41, 5.74) is 0.445. The maximum atomic E-state index is 13.0. The molecule has 6 atom stereocenters. The van der Waals surface area contributed by atoms with Gasteiger partial charge in [-0.15, -0.1) is 0 Å². The van der Waals surface area contributed by atoms with Crippen molar-refractivity contribution < 1.29 is 14.3 Å². The summed E-state index contributed by atoms with van der Waals surface area (Å²) in [5, 5.41) is 0.471. The van der Waals surface area contributed by atoms with Crippen LogP contribution >= 0.6 is 43.5 Å². The highest BCUT2D eigenvalue weighted by molar-refractivity contribution is 9.12. The van der Waals surface area contributed by atoms with Gasteiger partial charge in [0.15, 0.2) is 0 Å². The summed E-state index contributed by atoms with van der Waals surface area (Å²) in [6, 6.07) is 4.99. The van der Waals surface area contributed by atoms with Crippen molar-refractivity contribution in [2.24, 2.45) is 23.7 Å². The molecule has 0 spiro atoms. The third kappa shape index (κ3) is 2.07. The Kier molecular flexibility index (Phi) is 3.78. The first-order valence-corrected chi connectivity index (χ1v) is 9.66. The number of ether oxygens (including phenoxy) is 1. The van der Waals surface area contributed by atoms with Crippen molar-refractivity contribution in [1.29, 1.82) is 0 Å². The van der Waals surface area contributed by atoms with E-state index in [0.29, 0.717) is 16.5 Å². The minimum absolute atomic E-state index is 0.128. The Hall–Kier alpha value is -0.590. The molecule has 3 fully saturated rings. The molecule has 2 amide bonds. The predicted molar refractivity (Wildman–Crippen MR) is 94.5 cm³/mol. The van der Waals surface area contributed by atoms with Gasteiger partial charge in [-0.05, 0) is 36.5 Å². The number of alkyl halides is 2.